The Morgan fingerprint density at radius 3 is 2.61 bits per heavy atom. The summed E-state index contributed by atoms with van der Waals surface area (Å²) in [4.78, 5) is 2.19. The summed E-state index contributed by atoms with van der Waals surface area (Å²) in [5.74, 6) is 0. The van der Waals surface area contributed by atoms with E-state index in [9.17, 15) is 5.26 Å². The summed E-state index contributed by atoms with van der Waals surface area (Å²) in [5.41, 5.74) is 2.63. The second kappa shape index (κ2) is 9.16. The monoisotopic (exact) mass is 329 g/mol. The summed E-state index contributed by atoms with van der Waals surface area (Å²) in [6.45, 7) is 2.81. The average Bonchev–Trinajstić information content (AvgIpc) is 2.58. The van der Waals surface area contributed by atoms with Crippen LogP contribution in [0.15, 0.2) is 48.5 Å². The van der Waals surface area contributed by atoms with Gasteiger partial charge in [0.25, 0.3) is 0 Å². The lowest BCUT2D eigenvalue weighted by Gasteiger charge is -2.25. The zero-order chi connectivity index (χ0) is 16.5. The summed E-state index contributed by atoms with van der Waals surface area (Å²) < 4.78 is 0. The van der Waals surface area contributed by atoms with Crippen LogP contribution < -0.4 is 10.2 Å². The fourth-order valence-electron chi connectivity index (χ4n) is 2.36. The van der Waals surface area contributed by atoms with E-state index in [-0.39, 0.29) is 6.61 Å². The van der Waals surface area contributed by atoms with Gasteiger partial charge >= 0.3 is 0 Å². The van der Waals surface area contributed by atoms with Gasteiger partial charge in [0.05, 0.1) is 18.2 Å². The smallest absolute Gasteiger partial charge is 0.0995 e. The number of benzene rings is 2. The van der Waals surface area contributed by atoms with Crippen LogP contribution >= 0.6 is 11.6 Å². The van der Waals surface area contributed by atoms with Crippen molar-refractivity contribution in [3.8, 4) is 6.07 Å². The van der Waals surface area contributed by atoms with Crippen molar-refractivity contribution in [1.82, 2.24) is 5.32 Å². The van der Waals surface area contributed by atoms with E-state index in [4.69, 9.17) is 16.7 Å². The third-order valence-corrected chi connectivity index (χ3v) is 3.75. The molecule has 120 valence electrons. The van der Waals surface area contributed by atoms with E-state index < -0.39 is 0 Å². The Morgan fingerprint density at radius 2 is 1.91 bits per heavy atom. The highest BCUT2D eigenvalue weighted by Gasteiger charge is 2.10. The fraction of sp³-hybridized carbons (Fsp3) is 0.278. The van der Waals surface area contributed by atoms with Crippen molar-refractivity contribution < 1.29 is 5.11 Å². The summed E-state index contributed by atoms with van der Waals surface area (Å²) in [7, 11) is 0. The Bertz CT molecular complexity index is 655. The van der Waals surface area contributed by atoms with Gasteiger partial charge in [0, 0.05) is 36.9 Å². The lowest BCUT2D eigenvalue weighted by molar-refractivity contribution is 0.293. The van der Waals surface area contributed by atoms with Gasteiger partial charge < -0.3 is 15.3 Å². The molecule has 0 aromatic heterocycles. The molecule has 0 bridgehead atoms. The van der Waals surface area contributed by atoms with Gasteiger partial charge in [0.1, 0.15) is 0 Å². The second-order valence-electron chi connectivity index (χ2n) is 5.14. The molecule has 23 heavy (non-hydrogen) atoms. The van der Waals surface area contributed by atoms with Crippen LogP contribution in [0.1, 0.15) is 11.1 Å². The Balaban J connectivity index is 2.17. The lowest BCUT2D eigenvalue weighted by Crippen LogP contribution is -2.33. The number of hydrogen-bond acceptors (Lipinski definition) is 4. The van der Waals surface area contributed by atoms with Gasteiger partial charge in [-0.2, -0.15) is 5.26 Å². The molecule has 0 fully saturated rings. The fourth-order valence-corrected chi connectivity index (χ4v) is 2.56. The highest BCUT2D eigenvalue weighted by atomic mass is 35.5. The Kier molecular flexibility index (Phi) is 6.89. The topological polar surface area (TPSA) is 59.3 Å². The van der Waals surface area contributed by atoms with E-state index in [0.717, 1.165) is 24.3 Å². The largest absolute Gasteiger partial charge is 0.395 e. The number of nitriles is 1. The molecule has 0 spiro atoms. The number of halogens is 1. The molecule has 0 saturated heterocycles. The number of aliphatic hydroxyl groups is 1. The van der Waals surface area contributed by atoms with Gasteiger partial charge in [-0.3, -0.25) is 0 Å². The van der Waals surface area contributed by atoms with Crippen LogP contribution in [-0.4, -0.2) is 31.3 Å². The molecule has 0 heterocycles. The molecular weight excluding hydrogens is 310 g/mol. The standard InChI is InChI=1S/C18H20ClN3O/c19-17-7-6-15(13-20)16(12-17)14-22(10-8-21-9-11-23)18-4-2-1-3-5-18/h1-7,12,21,23H,8-11,14H2. The first-order valence-electron chi connectivity index (χ1n) is 7.54. The van der Waals surface area contributed by atoms with Crippen LogP contribution in [0.4, 0.5) is 5.69 Å². The molecule has 0 radical (unpaired) electrons. The molecule has 0 atom stereocenters. The van der Waals surface area contributed by atoms with Crippen molar-refractivity contribution in [2.45, 2.75) is 6.54 Å². The second-order valence-corrected chi connectivity index (χ2v) is 5.58. The van der Waals surface area contributed by atoms with Gasteiger partial charge in [-0.25, -0.2) is 0 Å². The summed E-state index contributed by atoms with van der Waals surface area (Å²) in [6.07, 6.45) is 0. The molecule has 0 unspecified atom stereocenters. The van der Waals surface area contributed by atoms with E-state index in [0.29, 0.717) is 23.7 Å². The summed E-state index contributed by atoms with van der Waals surface area (Å²) >= 11 is 6.08. The van der Waals surface area contributed by atoms with Crippen molar-refractivity contribution in [3.05, 3.63) is 64.7 Å². The predicted octanol–water partition coefficient (Wildman–Crippen LogP) is 2.80. The minimum atomic E-state index is 0.123. The van der Waals surface area contributed by atoms with Crippen molar-refractivity contribution >= 4 is 17.3 Å². The van der Waals surface area contributed by atoms with Crippen LogP contribution in [0.2, 0.25) is 5.02 Å². The Morgan fingerprint density at radius 1 is 1.13 bits per heavy atom. The maximum atomic E-state index is 9.29. The molecule has 2 aromatic rings. The van der Waals surface area contributed by atoms with E-state index >= 15 is 0 Å². The third kappa shape index (κ3) is 5.26. The number of anilines is 1. The highest BCUT2D eigenvalue weighted by molar-refractivity contribution is 6.30. The van der Waals surface area contributed by atoms with Crippen LogP contribution in [0.5, 0.6) is 0 Å². The minimum Gasteiger partial charge on any atom is -0.395 e. The minimum absolute atomic E-state index is 0.123. The first-order chi connectivity index (χ1) is 11.2. The Labute approximate surface area is 141 Å². The molecule has 5 heteroatoms. The van der Waals surface area contributed by atoms with E-state index in [1.54, 1.807) is 12.1 Å². The first kappa shape index (κ1) is 17.3. The molecule has 2 N–H and O–H groups in total. The Hall–Kier alpha value is -2.06. The molecule has 2 rings (SSSR count). The van der Waals surface area contributed by atoms with E-state index in [2.05, 4.69) is 16.3 Å². The number of aliphatic hydroxyl groups excluding tert-OH is 1. The molecule has 0 aliphatic heterocycles. The molecule has 4 nitrogen and oxygen atoms in total. The number of para-hydroxylation sites is 1. The number of nitrogens with one attached hydrogen (secondary N) is 1. The quantitative estimate of drug-likeness (QED) is 0.731. The third-order valence-electron chi connectivity index (χ3n) is 3.52. The maximum Gasteiger partial charge on any atom is 0.0995 e. The molecule has 0 aliphatic rings. The van der Waals surface area contributed by atoms with Gasteiger partial charge in [-0.1, -0.05) is 29.8 Å². The highest BCUT2D eigenvalue weighted by Crippen LogP contribution is 2.21. The number of nitrogens with zero attached hydrogens (tertiary/aromatic N) is 2. The molecule has 0 saturated carbocycles. The van der Waals surface area contributed by atoms with Crippen molar-refractivity contribution in [2.24, 2.45) is 0 Å². The molecular formula is C18H20ClN3O. The number of rotatable bonds is 8. The molecule has 0 aliphatic carbocycles. The molecule has 2 aromatic carbocycles. The summed E-state index contributed by atoms with van der Waals surface area (Å²) in [6, 6.07) is 17.6. The molecule has 0 amide bonds. The zero-order valence-corrected chi connectivity index (χ0v) is 13.6. The predicted molar refractivity (Wildman–Crippen MR) is 93.6 cm³/mol. The van der Waals surface area contributed by atoms with Crippen molar-refractivity contribution in [3.63, 3.8) is 0 Å². The van der Waals surface area contributed by atoms with E-state index in [1.807, 2.05) is 36.4 Å². The zero-order valence-electron chi connectivity index (χ0n) is 12.9. The first-order valence-corrected chi connectivity index (χ1v) is 7.92. The van der Waals surface area contributed by atoms with E-state index in [1.165, 1.54) is 0 Å². The summed E-state index contributed by atoms with van der Waals surface area (Å²) in [5, 5.41) is 22.0. The normalized spacial score (nSPS) is 10.3. The average molecular weight is 330 g/mol. The van der Waals surface area contributed by atoms with Crippen LogP contribution in [0.3, 0.4) is 0 Å². The van der Waals surface area contributed by atoms with Gasteiger partial charge in [-0.05, 0) is 35.9 Å². The van der Waals surface area contributed by atoms with Crippen LogP contribution in [0.25, 0.3) is 0 Å². The van der Waals surface area contributed by atoms with Gasteiger partial charge in [0.2, 0.25) is 0 Å². The maximum absolute atomic E-state index is 9.29. The van der Waals surface area contributed by atoms with Crippen LogP contribution in [0, 0.1) is 11.3 Å². The number of hydrogen-bond donors (Lipinski definition) is 2. The van der Waals surface area contributed by atoms with Gasteiger partial charge in [0.15, 0.2) is 0 Å². The van der Waals surface area contributed by atoms with Crippen molar-refractivity contribution in [2.75, 3.05) is 31.1 Å². The SMILES string of the molecule is N#Cc1ccc(Cl)cc1CN(CCNCCO)c1ccccc1. The van der Waals surface area contributed by atoms with Gasteiger partial charge in [-0.15, -0.1) is 0 Å². The van der Waals surface area contributed by atoms with Crippen LogP contribution in [-0.2, 0) is 6.54 Å². The lowest BCUT2D eigenvalue weighted by atomic mass is 10.1. The van der Waals surface area contributed by atoms with Crippen molar-refractivity contribution in [1.29, 1.82) is 5.26 Å².